The first kappa shape index (κ1) is 24.3. The molecule has 5 heterocycles. The van der Waals surface area contributed by atoms with Crippen molar-refractivity contribution >= 4 is 45.4 Å². The Hall–Kier alpha value is -3.08. The fourth-order valence-electron chi connectivity index (χ4n) is 5.18. The van der Waals surface area contributed by atoms with Crippen molar-refractivity contribution in [3.05, 3.63) is 57.5 Å². The molecule has 0 spiro atoms. The monoisotopic (exact) mass is 535 g/mol. The molecular formula is C27H29N5O3S2. The lowest BCUT2D eigenvalue weighted by molar-refractivity contribution is -0.129. The van der Waals surface area contributed by atoms with Crippen LogP contribution in [-0.4, -0.2) is 64.7 Å². The molecule has 3 amide bonds. The average molecular weight is 536 g/mol. The minimum Gasteiger partial charge on any atom is -0.338 e. The minimum atomic E-state index is -0.140. The summed E-state index contributed by atoms with van der Waals surface area (Å²) in [6, 6.07) is 9.95. The Kier molecular flexibility index (Phi) is 6.56. The third-order valence-corrected chi connectivity index (χ3v) is 9.63. The van der Waals surface area contributed by atoms with Gasteiger partial charge in [-0.3, -0.25) is 14.4 Å². The number of carbonyl (C=O) groups excluding carboxylic acids is 3. The molecule has 0 bridgehead atoms. The van der Waals surface area contributed by atoms with E-state index in [0.717, 1.165) is 47.8 Å². The molecule has 0 unspecified atom stereocenters. The number of carbonyl (C=O) groups is 3. The predicted molar refractivity (Wildman–Crippen MR) is 145 cm³/mol. The van der Waals surface area contributed by atoms with E-state index in [2.05, 4.69) is 33.8 Å². The van der Waals surface area contributed by atoms with Gasteiger partial charge in [-0.05, 0) is 60.7 Å². The van der Waals surface area contributed by atoms with E-state index in [1.807, 2.05) is 22.1 Å². The van der Waals surface area contributed by atoms with Gasteiger partial charge < -0.3 is 20.4 Å². The van der Waals surface area contributed by atoms with E-state index in [1.54, 1.807) is 24.3 Å². The number of thiophene rings is 1. The molecule has 2 saturated heterocycles. The Morgan fingerprint density at radius 2 is 1.95 bits per heavy atom. The number of hydrogen-bond acceptors (Lipinski definition) is 7. The fraction of sp³-hybridized carbons (Fsp3) is 0.407. The first-order chi connectivity index (χ1) is 17.9. The van der Waals surface area contributed by atoms with E-state index in [0.29, 0.717) is 29.5 Å². The highest BCUT2D eigenvalue weighted by Gasteiger charge is 2.35. The van der Waals surface area contributed by atoms with Gasteiger partial charge >= 0.3 is 0 Å². The molecule has 192 valence electrons. The fourth-order valence-corrected chi connectivity index (χ4v) is 7.05. The largest absolute Gasteiger partial charge is 0.338 e. The van der Waals surface area contributed by atoms with Crippen LogP contribution in [0.1, 0.15) is 51.5 Å². The first-order valence-electron chi connectivity index (χ1n) is 12.7. The molecule has 0 aliphatic carbocycles. The van der Waals surface area contributed by atoms with Crippen molar-refractivity contribution in [2.45, 2.75) is 44.7 Å². The van der Waals surface area contributed by atoms with E-state index >= 15 is 0 Å². The molecule has 1 atom stereocenters. The Balaban J connectivity index is 1.05. The maximum absolute atomic E-state index is 13.0. The molecule has 3 aromatic rings. The van der Waals surface area contributed by atoms with Crippen LogP contribution in [0.3, 0.4) is 0 Å². The molecule has 8 nitrogen and oxygen atoms in total. The molecule has 3 aliphatic heterocycles. The van der Waals surface area contributed by atoms with E-state index in [4.69, 9.17) is 0 Å². The number of nitrogens with zero attached hydrogens (tertiary/aromatic N) is 3. The van der Waals surface area contributed by atoms with Gasteiger partial charge in [-0.1, -0.05) is 12.1 Å². The summed E-state index contributed by atoms with van der Waals surface area (Å²) in [5, 5.41) is 7.90. The lowest BCUT2D eigenvalue weighted by Crippen LogP contribution is -2.48. The number of benzene rings is 1. The number of nitrogens with one attached hydrogen (secondary N) is 2. The third kappa shape index (κ3) is 4.93. The number of fused-ring (bicyclic) bond motifs is 1. The number of rotatable bonds is 5. The average Bonchev–Trinajstić information content (AvgIpc) is 3.64. The minimum absolute atomic E-state index is 0.00631. The smallest absolute Gasteiger partial charge is 0.264 e. The molecule has 1 aromatic carbocycles. The van der Waals surface area contributed by atoms with Crippen LogP contribution in [0.15, 0.2) is 36.5 Å². The number of anilines is 1. The molecular weight excluding hydrogens is 506 g/mol. The van der Waals surface area contributed by atoms with Crippen molar-refractivity contribution in [2.75, 3.05) is 31.5 Å². The van der Waals surface area contributed by atoms with Crippen LogP contribution in [0.5, 0.6) is 0 Å². The molecule has 6 rings (SSSR count). The van der Waals surface area contributed by atoms with Gasteiger partial charge in [0, 0.05) is 45.2 Å². The van der Waals surface area contributed by atoms with Crippen LogP contribution in [0.25, 0.3) is 10.4 Å². The highest BCUT2D eigenvalue weighted by atomic mass is 32.1. The SMILES string of the molecule is CC(=O)N1CCc2cc(-c3cnc(C4CN(C(=O)c5ccc(NC(=O)[C@@H]6CCCN6)s5)C4)s3)ccc2C1. The highest BCUT2D eigenvalue weighted by molar-refractivity contribution is 7.18. The zero-order valence-corrected chi connectivity index (χ0v) is 22.3. The number of likely N-dealkylation sites (tertiary alicyclic amines) is 1. The van der Waals surface area contributed by atoms with Crippen molar-refractivity contribution in [3.63, 3.8) is 0 Å². The normalized spacial score (nSPS) is 19.4. The number of aromatic nitrogens is 1. The Morgan fingerprint density at radius 3 is 2.73 bits per heavy atom. The van der Waals surface area contributed by atoms with Crippen molar-refractivity contribution in [3.8, 4) is 10.4 Å². The van der Waals surface area contributed by atoms with Crippen molar-refractivity contribution < 1.29 is 14.4 Å². The number of thiazole rings is 1. The zero-order chi connectivity index (χ0) is 25.5. The predicted octanol–water partition coefficient (Wildman–Crippen LogP) is 3.71. The molecule has 37 heavy (non-hydrogen) atoms. The van der Waals surface area contributed by atoms with Crippen LogP contribution in [0.4, 0.5) is 5.00 Å². The van der Waals surface area contributed by atoms with Gasteiger partial charge in [0.1, 0.15) is 0 Å². The maximum atomic E-state index is 13.0. The van der Waals surface area contributed by atoms with Crippen LogP contribution in [-0.2, 0) is 22.6 Å². The van der Waals surface area contributed by atoms with Gasteiger partial charge in [-0.25, -0.2) is 4.98 Å². The van der Waals surface area contributed by atoms with Crippen LogP contribution < -0.4 is 10.6 Å². The summed E-state index contributed by atoms with van der Waals surface area (Å²) in [5.41, 5.74) is 3.68. The van der Waals surface area contributed by atoms with Gasteiger partial charge in [0.2, 0.25) is 11.8 Å². The van der Waals surface area contributed by atoms with Crippen molar-refractivity contribution in [2.24, 2.45) is 0 Å². The number of hydrogen-bond donors (Lipinski definition) is 2. The molecule has 0 radical (unpaired) electrons. The van der Waals surface area contributed by atoms with E-state index < -0.39 is 0 Å². The second-order valence-corrected chi connectivity index (χ2v) is 12.1. The summed E-state index contributed by atoms with van der Waals surface area (Å²) in [6.45, 7) is 5.25. The van der Waals surface area contributed by atoms with Gasteiger partial charge in [0.25, 0.3) is 5.91 Å². The Labute approximate surface area is 223 Å². The summed E-state index contributed by atoms with van der Waals surface area (Å²) < 4.78 is 0. The van der Waals surface area contributed by atoms with Gasteiger partial charge in [-0.2, -0.15) is 0 Å². The second-order valence-electron chi connectivity index (χ2n) is 9.95. The molecule has 2 fully saturated rings. The van der Waals surface area contributed by atoms with Gasteiger partial charge in [0.15, 0.2) is 0 Å². The van der Waals surface area contributed by atoms with Gasteiger partial charge in [0.05, 0.1) is 25.8 Å². The summed E-state index contributed by atoms with van der Waals surface area (Å²) >= 11 is 3.03. The third-order valence-electron chi connectivity index (χ3n) is 7.43. The molecule has 3 aliphatic rings. The van der Waals surface area contributed by atoms with E-state index in [-0.39, 0.29) is 29.7 Å². The highest BCUT2D eigenvalue weighted by Crippen LogP contribution is 2.37. The quantitative estimate of drug-likeness (QED) is 0.520. The maximum Gasteiger partial charge on any atom is 0.264 e. The second kappa shape index (κ2) is 10.00. The van der Waals surface area contributed by atoms with E-state index in [1.165, 1.54) is 22.5 Å². The van der Waals surface area contributed by atoms with E-state index in [9.17, 15) is 14.4 Å². The van der Waals surface area contributed by atoms with Crippen LogP contribution >= 0.6 is 22.7 Å². The van der Waals surface area contributed by atoms with Gasteiger partial charge in [-0.15, -0.1) is 22.7 Å². The summed E-state index contributed by atoms with van der Waals surface area (Å²) in [4.78, 5) is 47.2. The number of amides is 3. The molecule has 2 aromatic heterocycles. The molecule has 2 N–H and O–H groups in total. The first-order valence-corrected chi connectivity index (χ1v) is 14.3. The standard InChI is InChI=1S/C27H29N5O3S2/c1-16(33)31-10-8-17-11-18(4-5-19(17)13-31)23-12-29-26(37-23)20-14-32(15-20)27(35)22-6-7-24(36-22)30-25(34)21-3-2-9-28-21/h4-7,11-12,20-21,28H,2-3,8-10,13-15H2,1H3,(H,30,34)/t21-/m0/s1. The van der Waals surface area contributed by atoms with Crippen molar-refractivity contribution in [1.82, 2.24) is 20.1 Å². The summed E-state index contributed by atoms with van der Waals surface area (Å²) in [6.07, 6.45) is 4.67. The van der Waals surface area contributed by atoms with Crippen molar-refractivity contribution in [1.29, 1.82) is 0 Å². The Bertz CT molecular complexity index is 1350. The Morgan fingerprint density at radius 1 is 1.08 bits per heavy atom. The molecule has 0 saturated carbocycles. The van der Waals surface area contributed by atoms with Crippen LogP contribution in [0.2, 0.25) is 0 Å². The lowest BCUT2D eigenvalue weighted by atomic mass is 9.97. The lowest BCUT2D eigenvalue weighted by Gasteiger charge is -2.37. The van der Waals surface area contributed by atoms with Crippen LogP contribution in [0, 0.1) is 0 Å². The zero-order valence-electron chi connectivity index (χ0n) is 20.7. The topological polar surface area (TPSA) is 94.6 Å². The summed E-state index contributed by atoms with van der Waals surface area (Å²) in [5.74, 6) is 0.348. The molecule has 10 heteroatoms. The summed E-state index contributed by atoms with van der Waals surface area (Å²) in [7, 11) is 0.